The number of hydrogen-bond acceptors (Lipinski definition) is 4. The Morgan fingerprint density at radius 2 is 1.88 bits per heavy atom. The molecule has 132 valence electrons. The first-order valence-electron chi connectivity index (χ1n) is 8.22. The molecule has 0 heterocycles. The molecule has 5 nitrogen and oxygen atoms in total. The van der Waals surface area contributed by atoms with Crippen LogP contribution < -0.4 is 10.1 Å². The molecule has 0 unspecified atom stereocenters. The zero-order valence-corrected chi connectivity index (χ0v) is 15.0. The normalized spacial score (nSPS) is 11.5. The largest absolute Gasteiger partial charge is 0.481 e. The summed E-state index contributed by atoms with van der Waals surface area (Å²) in [5.41, 5.74) is 3.02. The van der Waals surface area contributed by atoms with Crippen LogP contribution in [0.4, 0.5) is 5.69 Å². The Kier molecular flexibility index (Phi) is 6.17. The third kappa shape index (κ3) is 5.08. The number of ether oxygens (including phenoxy) is 2. The topological polar surface area (TPSA) is 64.6 Å². The Morgan fingerprint density at radius 1 is 1.12 bits per heavy atom. The van der Waals surface area contributed by atoms with E-state index < -0.39 is 12.1 Å². The van der Waals surface area contributed by atoms with Crippen LogP contribution in [0.5, 0.6) is 5.75 Å². The maximum absolute atomic E-state index is 12.3. The van der Waals surface area contributed by atoms with E-state index in [1.165, 1.54) is 0 Å². The maximum Gasteiger partial charge on any atom is 0.338 e. The van der Waals surface area contributed by atoms with E-state index in [1.807, 2.05) is 32.0 Å². The summed E-state index contributed by atoms with van der Waals surface area (Å²) >= 11 is 0. The number of amides is 1. The van der Waals surface area contributed by atoms with Crippen LogP contribution >= 0.6 is 0 Å². The van der Waals surface area contributed by atoms with Crippen molar-refractivity contribution in [3.05, 3.63) is 59.2 Å². The second-order valence-corrected chi connectivity index (χ2v) is 5.82. The highest BCUT2D eigenvalue weighted by atomic mass is 16.5. The molecule has 0 aliphatic heterocycles. The number of rotatable bonds is 6. The summed E-state index contributed by atoms with van der Waals surface area (Å²) in [4.78, 5) is 24.1. The van der Waals surface area contributed by atoms with Gasteiger partial charge in [0.15, 0.2) is 6.10 Å². The predicted molar refractivity (Wildman–Crippen MR) is 97.0 cm³/mol. The standard InChI is InChI=1S/C20H23NO4/c1-5-24-20(23)16-7-6-8-17(12-16)21-19(22)15(4)25-18-10-9-13(2)11-14(18)3/h6-12,15H,5H2,1-4H3,(H,21,22)/t15-/m0/s1. The number of nitrogens with one attached hydrogen (secondary N) is 1. The van der Waals surface area contributed by atoms with Gasteiger partial charge in [-0.05, 0) is 57.5 Å². The number of esters is 1. The van der Waals surface area contributed by atoms with E-state index in [0.717, 1.165) is 11.1 Å². The van der Waals surface area contributed by atoms with Gasteiger partial charge in [0.1, 0.15) is 5.75 Å². The first-order valence-corrected chi connectivity index (χ1v) is 8.22. The quantitative estimate of drug-likeness (QED) is 0.810. The summed E-state index contributed by atoms with van der Waals surface area (Å²) in [6.45, 7) is 7.68. The van der Waals surface area contributed by atoms with Crippen molar-refractivity contribution >= 4 is 17.6 Å². The molecule has 0 saturated heterocycles. The van der Waals surface area contributed by atoms with Crippen LogP contribution in [0.15, 0.2) is 42.5 Å². The lowest BCUT2D eigenvalue weighted by atomic mass is 10.1. The van der Waals surface area contributed by atoms with E-state index >= 15 is 0 Å². The summed E-state index contributed by atoms with van der Waals surface area (Å²) in [7, 11) is 0. The molecule has 1 atom stereocenters. The molecule has 0 saturated carbocycles. The first kappa shape index (κ1) is 18.5. The number of hydrogen-bond donors (Lipinski definition) is 1. The van der Waals surface area contributed by atoms with Crippen molar-refractivity contribution < 1.29 is 19.1 Å². The molecular formula is C20H23NO4. The van der Waals surface area contributed by atoms with Gasteiger partial charge < -0.3 is 14.8 Å². The summed E-state index contributed by atoms with van der Waals surface area (Å²) in [6.07, 6.45) is -0.673. The van der Waals surface area contributed by atoms with E-state index in [1.54, 1.807) is 38.1 Å². The third-order valence-corrected chi connectivity index (χ3v) is 3.64. The minimum atomic E-state index is -0.673. The zero-order valence-electron chi connectivity index (χ0n) is 15.0. The Bertz CT molecular complexity index is 770. The van der Waals surface area contributed by atoms with Crippen LogP contribution in [0.1, 0.15) is 35.3 Å². The monoisotopic (exact) mass is 341 g/mol. The van der Waals surface area contributed by atoms with E-state index in [9.17, 15) is 9.59 Å². The molecule has 5 heteroatoms. The average molecular weight is 341 g/mol. The highest BCUT2D eigenvalue weighted by Gasteiger charge is 2.16. The number of carbonyl (C=O) groups is 2. The summed E-state index contributed by atoms with van der Waals surface area (Å²) in [6, 6.07) is 12.4. The summed E-state index contributed by atoms with van der Waals surface area (Å²) < 4.78 is 10.7. The molecule has 0 fully saturated rings. The number of aryl methyl sites for hydroxylation is 2. The van der Waals surface area contributed by atoms with Crippen molar-refractivity contribution in [1.29, 1.82) is 0 Å². The molecule has 2 aromatic carbocycles. The first-order chi connectivity index (χ1) is 11.9. The predicted octanol–water partition coefficient (Wildman–Crippen LogP) is 3.89. The Balaban J connectivity index is 2.03. The van der Waals surface area contributed by atoms with Crippen molar-refractivity contribution in [2.24, 2.45) is 0 Å². The van der Waals surface area contributed by atoms with E-state index in [0.29, 0.717) is 23.6 Å². The average Bonchev–Trinajstić information content (AvgIpc) is 2.57. The second kappa shape index (κ2) is 8.33. The Morgan fingerprint density at radius 3 is 2.56 bits per heavy atom. The van der Waals surface area contributed by atoms with Gasteiger partial charge in [0.05, 0.1) is 12.2 Å². The minimum Gasteiger partial charge on any atom is -0.481 e. The van der Waals surface area contributed by atoms with Crippen LogP contribution in [0.25, 0.3) is 0 Å². The van der Waals surface area contributed by atoms with Crippen LogP contribution in [0.3, 0.4) is 0 Å². The van der Waals surface area contributed by atoms with Gasteiger partial charge in [-0.25, -0.2) is 4.79 Å². The molecule has 2 rings (SSSR count). The lowest BCUT2D eigenvalue weighted by Crippen LogP contribution is -2.30. The van der Waals surface area contributed by atoms with Crippen molar-refractivity contribution in [2.45, 2.75) is 33.8 Å². The van der Waals surface area contributed by atoms with E-state index in [4.69, 9.17) is 9.47 Å². The molecule has 0 aliphatic rings. The van der Waals surface area contributed by atoms with Crippen molar-refractivity contribution in [1.82, 2.24) is 0 Å². The minimum absolute atomic E-state index is 0.291. The smallest absolute Gasteiger partial charge is 0.338 e. The maximum atomic E-state index is 12.3. The molecular weight excluding hydrogens is 318 g/mol. The number of carbonyl (C=O) groups excluding carboxylic acids is 2. The van der Waals surface area contributed by atoms with Crippen molar-refractivity contribution in [3.8, 4) is 5.75 Å². The molecule has 0 aromatic heterocycles. The van der Waals surface area contributed by atoms with Gasteiger partial charge in [-0.2, -0.15) is 0 Å². The van der Waals surface area contributed by atoms with Gasteiger partial charge in [-0.15, -0.1) is 0 Å². The van der Waals surface area contributed by atoms with Gasteiger partial charge in [0.2, 0.25) is 0 Å². The molecule has 0 spiro atoms. The highest BCUT2D eigenvalue weighted by Crippen LogP contribution is 2.20. The second-order valence-electron chi connectivity index (χ2n) is 5.82. The molecule has 0 bridgehead atoms. The fourth-order valence-corrected chi connectivity index (χ4v) is 2.36. The lowest BCUT2D eigenvalue weighted by molar-refractivity contribution is -0.122. The molecule has 0 aliphatic carbocycles. The van der Waals surface area contributed by atoms with Crippen molar-refractivity contribution in [3.63, 3.8) is 0 Å². The fourth-order valence-electron chi connectivity index (χ4n) is 2.36. The molecule has 2 aromatic rings. The number of benzene rings is 2. The van der Waals surface area contributed by atoms with Gasteiger partial charge in [0, 0.05) is 5.69 Å². The molecule has 25 heavy (non-hydrogen) atoms. The third-order valence-electron chi connectivity index (χ3n) is 3.64. The lowest BCUT2D eigenvalue weighted by Gasteiger charge is -2.17. The highest BCUT2D eigenvalue weighted by molar-refractivity contribution is 5.96. The van der Waals surface area contributed by atoms with Crippen LogP contribution in [-0.4, -0.2) is 24.6 Å². The molecule has 1 amide bonds. The molecule has 1 N–H and O–H groups in total. The van der Waals surface area contributed by atoms with Crippen molar-refractivity contribution in [2.75, 3.05) is 11.9 Å². The van der Waals surface area contributed by atoms with Crippen LogP contribution in [-0.2, 0) is 9.53 Å². The van der Waals surface area contributed by atoms with Gasteiger partial charge >= 0.3 is 5.97 Å². The summed E-state index contributed by atoms with van der Waals surface area (Å²) in [5, 5.41) is 2.76. The zero-order chi connectivity index (χ0) is 18.4. The SMILES string of the molecule is CCOC(=O)c1cccc(NC(=O)[C@H](C)Oc2ccc(C)cc2C)c1. The van der Waals surface area contributed by atoms with E-state index in [-0.39, 0.29) is 5.91 Å². The van der Waals surface area contributed by atoms with Gasteiger partial charge in [-0.1, -0.05) is 23.8 Å². The van der Waals surface area contributed by atoms with E-state index in [2.05, 4.69) is 5.32 Å². The van der Waals surface area contributed by atoms with Gasteiger partial charge in [0.25, 0.3) is 5.91 Å². The Labute approximate surface area is 148 Å². The van der Waals surface area contributed by atoms with Gasteiger partial charge in [-0.3, -0.25) is 4.79 Å². The number of anilines is 1. The fraction of sp³-hybridized carbons (Fsp3) is 0.300. The van der Waals surface area contributed by atoms with Crippen LogP contribution in [0.2, 0.25) is 0 Å². The van der Waals surface area contributed by atoms with Crippen LogP contribution in [0, 0.1) is 13.8 Å². The Hall–Kier alpha value is -2.82. The summed E-state index contributed by atoms with van der Waals surface area (Å²) in [5.74, 6) is -0.0346. The molecule has 0 radical (unpaired) electrons.